The summed E-state index contributed by atoms with van der Waals surface area (Å²) in [6.07, 6.45) is 2.83. The molecule has 1 aliphatic rings. The zero-order chi connectivity index (χ0) is 24.4. The fraction of sp³-hybridized carbons (Fsp3) is 0.292. The number of aromatic nitrogens is 2. The van der Waals surface area contributed by atoms with Crippen molar-refractivity contribution in [2.45, 2.75) is 19.0 Å². The first-order chi connectivity index (χ1) is 16.4. The molecule has 0 saturated carbocycles. The van der Waals surface area contributed by atoms with E-state index in [0.717, 1.165) is 5.56 Å². The first-order valence-corrected chi connectivity index (χ1v) is 11.0. The lowest BCUT2D eigenvalue weighted by atomic mass is 10.0. The van der Waals surface area contributed by atoms with Gasteiger partial charge in [0.25, 0.3) is 5.56 Å². The van der Waals surface area contributed by atoms with Crippen molar-refractivity contribution >= 4 is 34.1 Å². The number of H-pyrrole nitrogens is 1. The number of methoxy groups -OCH3 is 2. The third-order valence-electron chi connectivity index (χ3n) is 5.81. The molecule has 0 radical (unpaired) electrons. The predicted molar refractivity (Wildman–Crippen MR) is 131 cm³/mol. The largest absolute Gasteiger partial charge is 0.496 e. The molecule has 2 aromatic heterocycles. The van der Waals surface area contributed by atoms with Crippen molar-refractivity contribution < 1.29 is 19.0 Å². The van der Waals surface area contributed by atoms with Gasteiger partial charge in [-0.1, -0.05) is 18.2 Å². The van der Waals surface area contributed by atoms with Crippen LogP contribution in [0.5, 0.6) is 11.5 Å². The van der Waals surface area contributed by atoms with Gasteiger partial charge in [0, 0.05) is 28.8 Å². The summed E-state index contributed by atoms with van der Waals surface area (Å²) < 4.78 is 16.3. The number of halogens is 1. The number of rotatable bonds is 7. The molecule has 1 fully saturated rings. The van der Waals surface area contributed by atoms with Gasteiger partial charge in [0.15, 0.2) is 0 Å². The van der Waals surface area contributed by atoms with Crippen molar-refractivity contribution in [3.05, 3.63) is 58.0 Å². The predicted octanol–water partition coefficient (Wildman–Crippen LogP) is 3.05. The molecule has 1 amide bonds. The average Bonchev–Trinajstić information content (AvgIpc) is 3.26. The van der Waals surface area contributed by atoms with E-state index < -0.39 is 0 Å². The summed E-state index contributed by atoms with van der Waals surface area (Å²) in [6, 6.07) is 4.75. The molecule has 0 unspecified atom stereocenters. The molecule has 3 heterocycles. The number of benzene rings is 1. The van der Waals surface area contributed by atoms with Crippen LogP contribution in [0.3, 0.4) is 0 Å². The van der Waals surface area contributed by atoms with E-state index in [1.54, 1.807) is 25.4 Å². The first-order valence-electron chi connectivity index (χ1n) is 10.6. The zero-order valence-electron chi connectivity index (χ0n) is 19.0. The number of amides is 1. The second-order valence-corrected chi connectivity index (χ2v) is 8.25. The summed E-state index contributed by atoms with van der Waals surface area (Å²) in [5.74, 6) is 1.25. The van der Waals surface area contributed by atoms with E-state index in [4.69, 9.17) is 25.8 Å². The third kappa shape index (κ3) is 4.44. The molecule has 9 nitrogen and oxygen atoms in total. The SMILES string of the molecule is C=CC(=O)N[C@H]1COC[C@H]1Nc1cc2c(=O)[nH]c(-c3c(C)c(OC)cc(OC)c3Cl)cc2cn1. The molecule has 0 aliphatic carbocycles. The molecular formula is C24H25ClN4O5. The van der Waals surface area contributed by atoms with Gasteiger partial charge in [0.1, 0.15) is 17.3 Å². The van der Waals surface area contributed by atoms with Crippen molar-refractivity contribution in [3.63, 3.8) is 0 Å². The summed E-state index contributed by atoms with van der Waals surface area (Å²) in [4.78, 5) is 32.1. The first kappa shape index (κ1) is 23.6. The lowest BCUT2D eigenvalue weighted by molar-refractivity contribution is -0.117. The van der Waals surface area contributed by atoms with E-state index in [9.17, 15) is 9.59 Å². The molecule has 1 aromatic carbocycles. The van der Waals surface area contributed by atoms with Crippen LogP contribution in [-0.4, -0.2) is 55.4 Å². The molecule has 1 saturated heterocycles. The van der Waals surface area contributed by atoms with Gasteiger partial charge in [-0.25, -0.2) is 4.98 Å². The summed E-state index contributed by atoms with van der Waals surface area (Å²) >= 11 is 6.59. The molecule has 0 spiro atoms. The average molecular weight is 485 g/mol. The highest BCUT2D eigenvalue weighted by Crippen LogP contribution is 2.42. The van der Waals surface area contributed by atoms with Gasteiger partial charge in [0.2, 0.25) is 5.91 Å². The maximum atomic E-state index is 13.0. The summed E-state index contributed by atoms with van der Waals surface area (Å²) in [7, 11) is 3.08. The fourth-order valence-corrected chi connectivity index (χ4v) is 4.40. The Labute approximate surface area is 201 Å². The highest BCUT2D eigenvalue weighted by molar-refractivity contribution is 6.35. The number of ether oxygens (including phenoxy) is 3. The van der Waals surface area contributed by atoms with Gasteiger partial charge in [-0.15, -0.1) is 0 Å². The summed E-state index contributed by atoms with van der Waals surface area (Å²) in [5, 5.41) is 7.54. The van der Waals surface area contributed by atoms with E-state index >= 15 is 0 Å². The van der Waals surface area contributed by atoms with Crippen LogP contribution in [0.15, 0.2) is 41.8 Å². The number of hydrogen-bond acceptors (Lipinski definition) is 7. The van der Waals surface area contributed by atoms with Gasteiger partial charge in [-0.2, -0.15) is 0 Å². The highest BCUT2D eigenvalue weighted by atomic mass is 35.5. The Morgan fingerprint density at radius 1 is 1.24 bits per heavy atom. The number of aromatic amines is 1. The van der Waals surface area contributed by atoms with Crippen molar-refractivity contribution in [2.75, 3.05) is 32.8 Å². The molecule has 0 bridgehead atoms. The van der Waals surface area contributed by atoms with Gasteiger partial charge < -0.3 is 29.8 Å². The van der Waals surface area contributed by atoms with E-state index in [2.05, 4.69) is 27.2 Å². The van der Waals surface area contributed by atoms with Crippen LogP contribution < -0.4 is 25.7 Å². The Morgan fingerprint density at radius 3 is 2.68 bits per heavy atom. The van der Waals surface area contributed by atoms with Gasteiger partial charge in [-0.3, -0.25) is 9.59 Å². The standard InChI is InChI=1S/C24H25ClN4O5/c1-5-21(30)28-17-11-34-10-16(17)27-20-7-14-13(9-26-20)6-15(29-24(14)31)22-12(2)18(32-3)8-19(33-4)23(22)25/h5-9,16-17H,1,10-11H2,2-4H3,(H,26,27)(H,28,30)(H,29,31)/t16-,17+/m1/s1. The Bertz CT molecular complexity index is 1290. The number of nitrogens with zero attached hydrogens (tertiary/aromatic N) is 1. The van der Waals surface area contributed by atoms with Gasteiger partial charge >= 0.3 is 0 Å². The number of anilines is 1. The molecular weight excluding hydrogens is 460 g/mol. The number of carbonyl (C=O) groups excluding carboxylic acids is 1. The second kappa shape index (κ2) is 9.74. The van der Waals surface area contributed by atoms with E-state index in [0.29, 0.717) is 57.6 Å². The monoisotopic (exact) mass is 484 g/mol. The Hall–Kier alpha value is -3.56. The van der Waals surface area contributed by atoms with E-state index in [1.807, 2.05) is 13.0 Å². The molecule has 2 atom stereocenters. The minimum atomic E-state index is -0.297. The van der Waals surface area contributed by atoms with Gasteiger partial charge in [0.05, 0.1) is 55.6 Å². The van der Waals surface area contributed by atoms with Crippen LogP contribution >= 0.6 is 11.6 Å². The normalized spacial score (nSPS) is 17.4. The van der Waals surface area contributed by atoms with Crippen molar-refractivity contribution in [1.29, 1.82) is 0 Å². The van der Waals surface area contributed by atoms with E-state index in [1.165, 1.54) is 13.2 Å². The van der Waals surface area contributed by atoms with E-state index in [-0.39, 0.29) is 23.6 Å². The molecule has 4 rings (SSSR count). The third-order valence-corrected chi connectivity index (χ3v) is 6.18. The number of fused-ring (bicyclic) bond motifs is 1. The van der Waals surface area contributed by atoms with Crippen LogP contribution in [0, 0.1) is 6.92 Å². The summed E-state index contributed by atoms with van der Waals surface area (Å²) in [6.45, 7) is 6.10. The molecule has 1 aliphatic heterocycles. The lowest BCUT2D eigenvalue weighted by Crippen LogP contribution is -2.45. The van der Waals surface area contributed by atoms with Crippen LogP contribution in [0.4, 0.5) is 5.82 Å². The van der Waals surface area contributed by atoms with Crippen molar-refractivity contribution in [2.24, 2.45) is 0 Å². The van der Waals surface area contributed by atoms with Crippen LogP contribution in [-0.2, 0) is 9.53 Å². The quantitative estimate of drug-likeness (QED) is 0.441. The number of pyridine rings is 2. The molecule has 34 heavy (non-hydrogen) atoms. The minimum Gasteiger partial charge on any atom is -0.496 e. The maximum Gasteiger partial charge on any atom is 0.256 e. The maximum absolute atomic E-state index is 13.0. The Balaban J connectivity index is 1.69. The van der Waals surface area contributed by atoms with Crippen LogP contribution in [0.1, 0.15) is 5.56 Å². The number of hydrogen-bond donors (Lipinski definition) is 3. The second-order valence-electron chi connectivity index (χ2n) is 7.87. The summed E-state index contributed by atoms with van der Waals surface area (Å²) in [5.41, 5.74) is 1.61. The van der Waals surface area contributed by atoms with Crippen molar-refractivity contribution in [1.82, 2.24) is 15.3 Å². The topological polar surface area (TPSA) is 115 Å². The molecule has 3 N–H and O–H groups in total. The lowest BCUT2D eigenvalue weighted by Gasteiger charge is -2.20. The fourth-order valence-electron chi connectivity index (χ4n) is 4.03. The molecule has 3 aromatic rings. The van der Waals surface area contributed by atoms with Crippen LogP contribution in [0.2, 0.25) is 5.02 Å². The number of carbonyl (C=O) groups is 1. The smallest absolute Gasteiger partial charge is 0.256 e. The van der Waals surface area contributed by atoms with Gasteiger partial charge in [-0.05, 0) is 25.1 Å². The Kier molecular flexibility index (Phi) is 6.76. The van der Waals surface area contributed by atoms with Crippen molar-refractivity contribution in [3.8, 4) is 22.8 Å². The Morgan fingerprint density at radius 2 is 1.97 bits per heavy atom. The highest BCUT2D eigenvalue weighted by Gasteiger charge is 2.29. The number of nitrogens with one attached hydrogen (secondary N) is 3. The van der Waals surface area contributed by atoms with Crippen LogP contribution in [0.25, 0.3) is 22.0 Å². The minimum absolute atomic E-state index is 0.196. The molecule has 10 heteroatoms. The molecule has 178 valence electrons. The zero-order valence-corrected chi connectivity index (χ0v) is 19.8.